The zero-order chi connectivity index (χ0) is 13.8. The van der Waals surface area contributed by atoms with Crippen molar-refractivity contribution in [3.63, 3.8) is 0 Å². The molecule has 0 aromatic rings. The first-order valence-electron chi connectivity index (χ1n) is 6.39. The lowest BCUT2D eigenvalue weighted by atomic mass is 9.95. The number of carboxylic acids is 1. The van der Waals surface area contributed by atoms with E-state index in [-0.39, 0.29) is 13.0 Å². The normalized spacial score (nSPS) is 23.9. The predicted octanol–water partition coefficient (Wildman–Crippen LogP) is 2.90. The van der Waals surface area contributed by atoms with Crippen LogP contribution in [0.5, 0.6) is 0 Å². The number of hydrogen-bond acceptors (Lipinski definition) is 2. The maximum Gasteiger partial charge on any atom is 0.393 e. The molecule has 6 heteroatoms. The molecule has 1 aliphatic rings. The fourth-order valence-electron chi connectivity index (χ4n) is 2.42. The molecule has 0 radical (unpaired) electrons. The topological polar surface area (TPSA) is 40.5 Å². The van der Waals surface area contributed by atoms with Crippen LogP contribution in [-0.2, 0) is 4.79 Å². The zero-order valence-corrected chi connectivity index (χ0v) is 10.5. The van der Waals surface area contributed by atoms with Gasteiger partial charge in [-0.1, -0.05) is 19.8 Å². The summed E-state index contributed by atoms with van der Waals surface area (Å²) in [6.07, 6.45) is -1.69. The van der Waals surface area contributed by atoms with E-state index in [4.69, 9.17) is 5.11 Å². The number of halogens is 3. The van der Waals surface area contributed by atoms with Crippen LogP contribution in [0.2, 0.25) is 0 Å². The molecular formula is C12H20F3NO2. The van der Waals surface area contributed by atoms with Gasteiger partial charge in [0, 0.05) is 6.54 Å². The number of carboxylic acid groups (broad SMARTS) is 1. The van der Waals surface area contributed by atoms with Crippen molar-refractivity contribution in [1.82, 2.24) is 4.90 Å². The minimum atomic E-state index is -4.22. The second kappa shape index (κ2) is 6.41. The third kappa shape index (κ3) is 4.15. The highest BCUT2D eigenvalue weighted by Gasteiger charge is 2.43. The highest BCUT2D eigenvalue weighted by Crippen LogP contribution is 2.34. The van der Waals surface area contributed by atoms with Gasteiger partial charge in [-0.25, -0.2) is 0 Å². The number of hydrogen-bond donors (Lipinski definition) is 1. The van der Waals surface area contributed by atoms with E-state index in [1.807, 2.05) is 6.92 Å². The Morgan fingerprint density at radius 3 is 2.67 bits per heavy atom. The Morgan fingerprint density at radius 2 is 2.17 bits per heavy atom. The molecule has 2 atom stereocenters. The van der Waals surface area contributed by atoms with Crippen LogP contribution >= 0.6 is 0 Å². The van der Waals surface area contributed by atoms with E-state index in [9.17, 15) is 18.0 Å². The van der Waals surface area contributed by atoms with Crippen LogP contribution in [0.1, 0.15) is 39.0 Å². The summed E-state index contributed by atoms with van der Waals surface area (Å²) < 4.78 is 38.0. The van der Waals surface area contributed by atoms with Gasteiger partial charge < -0.3 is 5.11 Å². The van der Waals surface area contributed by atoms with Gasteiger partial charge in [0.05, 0.1) is 5.92 Å². The van der Waals surface area contributed by atoms with Gasteiger partial charge in [0.2, 0.25) is 0 Å². The Balaban J connectivity index is 2.65. The van der Waals surface area contributed by atoms with Crippen molar-refractivity contribution < 1.29 is 23.1 Å². The number of carbonyl (C=O) groups is 1. The fraction of sp³-hybridized carbons (Fsp3) is 0.917. The van der Waals surface area contributed by atoms with Crippen LogP contribution in [0, 0.1) is 5.92 Å². The van der Waals surface area contributed by atoms with Gasteiger partial charge in [0.25, 0.3) is 0 Å². The second-order valence-electron chi connectivity index (χ2n) is 4.87. The first kappa shape index (κ1) is 15.3. The molecule has 3 nitrogen and oxygen atoms in total. The lowest BCUT2D eigenvalue weighted by molar-refractivity contribution is -0.190. The van der Waals surface area contributed by atoms with Crippen molar-refractivity contribution in [3.8, 4) is 0 Å². The molecule has 0 amide bonds. The summed E-state index contributed by atoms with van der Waals surface area (Å²) in [4.78, 5) is 12.6. The largest absolute Gasteiger partial charge is 0.480 e. The van der Waals surface area contributed by atoms with Gasteiger partial charge in [-0.05, 0) is 25.8 Å². The Morgan fingerprint density at radius 1 is 1.50 bits per heavy atom. The van der Waals surface area contributed by atoms with Gasteiger partial charge in [0.1, 0.15) is 6.04 Å². The summed E-state index contributed by atoms with van der Waals surface area (Å²) in [5.41, 5.74) is 0. The van der Waals surface area contributed by atoms with Crippen LogP contribution in [0.15, 0.2) is 0 Å². The van der Waals surface area contributed by atoms with Crippen molar-refractivity contribution in [3.05, 3.63) is 0 Å². The van der Waals surface area contributed by atoms with Gasteiger partial charge in [-0.2, -0.15) is 13.2 Å². The number of piperidine rings is 1. The molecule has 1 N–H and O–H groups in total. The molecule has 0 bridgehead atoms. The number of rotatable bonds is 5. The number of aliphatic carboxylic acids is 1. The Kier molecular flexibility index (Phi) is 5.44. The van der Waals surface area contributed by atoms with Crippen LogP contribution < -0.4 is 0 Å². The quantitative estimate of drug-likeness (QED) is 0.832. The average molecular weight is 267 g/mol. The maximum atomic E-state index is 12.7. The summed E-state index contributed by atoms with van der Waals surface area (Å²) in [7, 11) is 0. The maximum absolute atomic E-state index is 12.7. The molecule has 0 aromatic heterocycles. The minimum Gasteiger partial charge on any atom is -0.480 e. The molecule has 106 valence electrons. The van der Waals surface area contributed by atoms with Crippen molar-refractivity contribution in [2.45, 2.75) is 51.2 Å². The highest BCUT2D eigenvalue weighted by atomic mass is 19.4. The lowest BCUT2D eigenvalue weighted by Gasteiger charge is -2.37. The third-order valence-electron chi connectivity index (χ3n) is 3.47. The minimum absolute atomic E-state index is 0.111. The SMILES string of the molecule is CCCCC(C(=O)O)N1CCCC(C(F)(F)F)C1. The van der Waals surface area contributed by atoms with Gasteiger partial charge in [0.15, 0.2) is 0 Å². The number of alkyl halides is 3. The second-order valence-corrected chi connectivity index (χ2v) is 4.87. The van der Waals surface area contributed by atoms with Crippen molar-refractivity contribution >= 4 is 5.97 Å². The fourth-order valence-corrected chi connectivity index (χ4v) is 2.42. The molecule has 18 heavy (non-hydrogen) atoms. The molecule has 0 saturated carbocycles. The van der Waals surface area contributed by atoms with Crippen molar-refractivity contribution in [2.24, 2.45) is 5.92 Å². The van der Waals surface area contributed by atoms with E-state index in [1.165, 1.54) is 4.90 Å². The van der Waals surface area contributed by atoms with E-state index in [0.29, 0.717) is 19.4 Å². The third-order valence-corrected chi connectivity index (χ3v) is 3.47. The Hall–Kier alpha value is -0.780. The molecule has 1 heterocycles. The van der Waals surface area contributed by atoms with Crippen LogP contribution in [0.4, 0.5) is 13.2 Å². The van der Waals surface area contributed by atoms with Crippen molar-refractivity contribution in [1.29, 1.82) is 0 Å². The molecule has 0 spiro atoms. The zero-order valence-electron chi connectivity index (χ0n) is 10.5. The number of unbranched alkanes of at least 4 members (excludes halogenated alkanes) is 1. The molecule has 1 saturated heterocycles. The summed E-state index contributed by atoms with van der Waals surface area (Å²) >= 11 is 0. The van der Waals surface area contributed by atoms with Crippen molar-refractivity contribution in [2.75, 3.05) is 13.1 Å². The molecule has 2 unspecified atom stereocenters. The standard InChI is InChI=1S/C12H20F3NO2/c1-2-3-6-10(11(17)18)16-7-4-5-9(8-16)12(13,14)15/h9-10H,2-8H2,1H3,(H,17,18). The van der Waals surface area contributed by atoms with E-state index in [2.05, 4.69) is 0 Å². The highest BCUT2D eigenvalue weighted by molar-refractivity contribution is 5.73. The molecule has 1 aliphatic heterocycles. The predicted molar refractivity (Wildman–Crippen MR) is 61.3 cm³/mol. The molecule has 0 aromatic carbocycles. The van der Waals surface area contributed by atoms with E-state index in [1.54, 1.807) is 0 Å². The molecule has 1 rings (SSSR count). The van der Waals surface area contributed by atoms with Crippen LogP contribution in [-0.4, -0.2) is 41.3 Å². The molecule has 1 fully saturated rings. The van der Waals surface area contributed by atoms with Gasteiger partial charge in [-0.15, -0.1) is 0 Å². The van der Waals surface area contributed by atoms with Gasteiger partial charge >= 0.3 is 12.1 Å². The van der Waals surface area contributed by atoms with Crippen LogP contribution in [0.3, 0.4) is 0 Å². The first-order chi connectivity index (χ1) is 8.36. The first-order valence-corrected chi connectivity index (χ1v) is 6.39. The average Bonchev–Trinajstić information content (AvgIpc) is 2.28. The lowest BCUT2D eigenvalue weighted by Crippen LogP contribution is -2.49. The van der Waals surface area contributed by atoms with E-state index >= 15 is 0 Å². The number of likely N-dealkylation sites (tertiary alicyclic amines) is 1. The van der Waals surface area contributed by atoms with Gasteiger partial charge in [-0.3, -0.25) is 9.69 Å². The number of nitrogens with zero attached hydrogens (tertiary/aromatic N) is 1. The Labute approximate surface area is 105 Å². The van der Waals surface area contributed by atoms with E-state index < -0.39 is 24.1 Å². The van der Waals surface area contributed by atoms with Crippen LogP contribution in [0.25, 0.3) is 0 Å². The smallest absolute Gasteiger partial charge is 0.393 e. The monoisotopic (exact) mass is 267 g/mol. The molecule has 0 aliphatic carbocycles. The van der Waals surface area contributed by atoms with E-state index in [0.717, 1.165) is 12.8 Å². The summed E-state index contributed by atoms with van der Waals surface area (Å²) in [5.74, 6) is -2.39. The molecular weight excluding hydrogens is 247 g/mol. The Bertz CT molecular complexity index is 281. The summed E-state index contributed by atoms with van der Waals surface area (Å²) in [5, 5.41) is 9.12. The summed E-state index contributed by atoms with van der Waals surface area (Å²) in [6, 6.07) is -0.768. The summed E-state index contributed by atoms with van der Waals surface area (Å²) in [6.45, 7) is 2.21.